The standard InChI is InChI=1S/C3H3F3O3/c4-3(5,6)9-1-2(7)8/h1H2,(H,7,8). The summed E-state index contributed by atoms with van der Waals surface area (Å²) in [5.41, 5.74) is 0. The molecule has 0 rings (SSSR count). The van der Waals surface area contributed by atoms with Gasteiger partial charge in [-0.2, -0.15) is 0 Å². The van der Waals surface area contributed by atoms with E-state index in [2.05, 4.69) is 4.74 Å². The van der Waals surface area contributed by atoms with E-state index in [0.29, 0.717) is 0 Å². The number of rotatable bonds is 2. The molecule has 0 aliphatic rings. The lowest BCUT2D eigenvalue weighted by atomic mass is 10.7. The maximum Gasteiger partial charge on any atom is 0.523 e. The molecule has 6 heteroatoms. The maximum atomic E-state index is 10.9. The first kappa shape index (κ1) is 8.22. The predicted octanol–water partition coefficient (Wildman–Crippen LogP) is 0.607. The van der Waals surface area contributed by atoms with Crippen LogP contribution in [-0.2, 0) is 9.53 Å². The Morgan fingerprint density at radius 2 is 2.00 bits per heavy atom. The molecule has 0 aliphatic carbocycles. The summed E-state index contributed by atoms with van der Waals surface area (Å²) < 4.78 is 35.7. The highest BCUT2D eigenvalue weighted by Crippen LogP contribution is 2.15. The summed E-state index contributed by atoms with van der Waals surface area (Å²) in [6.07, 6.45) is -4.85. The van der Waals surface area contributed by atoms with Gasteiger partial charge in [0.05, 0.1) is 0 Å². The molecule has 0 saturated heterocycles. The van der Waals surface area contributed by atoms with Crippen molar-refractivity contribution in [3.05, 3.63) is 0 Å². The molecule has 3 nitrogen and oxygen atoms in total. The molecule has 0 aliphatic heterocycles. The molecule has 0 aromatic rings. The van der Waals surface area contributed by atoms with Crippen molar-refractivity contribution in [2.75, 3.05) is 6.61 Å². The molecule has 0 unspecified atom stereocenters. The zero-order valence-corrected chi connectivity index (χ0v) is 4.10. The summed E-state index contributed by atoms with van der Waals surface area (Å²) in [7, 11) is 0. The summed E-state index contributed by atoms with van der Waals surface area (Å²) in [6.45, 7) is -1.34. The monoisotopic (exact) mass is 144 g/mol. The van der Waals surface area contributed by atoms with Gasteiger partial charge < -0.3 is 5.11 Å². The number of carbonyl (C=O) groups is 1. The fourth-order valence-corrected chi connectivity index (χ4v) is 0.144. The van der Waals surface area contributed by atoms with Crippen LogP contribution in [0.25, 0.3) is 0 Å². The lowest BCUT2D eigenvalue weighted by molar-refractivity contribution is -0.322. The van der Waals surface area contributed by atoms with Crippen molar-refractivity contribution in [2.24, 2.45) is 0 Å². The number of halogens is 3. The molecule has 0 aromatic carbocycles. The van der Waals surface area contributed by atoms with E-state index >= 15 is 0 Å². The highest BCUT2D eigenvalue weighted by atomic mass is 19.4. The number of alkyl halides is 3. The topological polar surface area (TPSA) is 46.5 Å². The Hall–Kier alpha value is -0.780. The minimum Gasteiger partial charge on any atom is -0.480 e. The summed E-state index contributed by atoms with van der Waals surface area (Å²) in [5, 5.41) is 7.65. The van der Waals surface area contributed by atoms with E-state index in [-0.39, 0.29) is 0 Å². The zero-order chi connectivity index (χ0) is 7.49. The fraction of sp³-hybridized carbons (Fsp3) is 0.667. The van der Waals surface area contributed by atoms with Gasteiger partial charge in [0.1, 0.15) is 0 Å². The van der Waals surface area contributed by atoms with Crippen molar-refractivity contribution in [1.29, 1.82) is 0 Å². The van der Waals surface area contributed by atoms with Crippen LogP contribution in [0.1, 0.15) is 0 Å². The van der Waals surface area contributed by atoms with E-state index in [1.807, 2.05) is 0 Å². The van der Waals surface area contributed by atoms with E-state index in [0.717, 1.165) is 0 Å². The second-order valence-corrected chi connectivity index (χ2v) is 1.13. The average molecular weight is 144 g/mol. The predicted molar refractivity (Wildman–Crippen MR) is 19.6 cm³/mol. The number of hydrogen-bond acceptors (Lipinski definition) is 2. The molecule has 0 fully saturated rings. The van der Waals surface area contributed by atoms with Crippen LogP contribution in [0.4, 0.5) is 13.2 Å². The lowest BCUT2D eigenvalue weighted by Gasteiger charge is -2.02. The minimum absolute atomic E-state index is 1.34. The first-order valence-electron chi connectivity index (χ1n) is 1.84. The molecule has 0 atom stereocenters. The van der Waals surface area contributed by atoms with Gasteiger partial charge in [0.2, 0.25) is 0 Å². The molecule has 0 spiro atoms. The number of carboxylic acids is 1. The van der Waals surface area contributed by atoms with Crippen molar-refractivity contribution in [3.8, 4) is 0 Å². The molecule has 0 bridgehead atoms. The number of hydrogen-bond donors (Lipinski definition) is 1. The van der Waals surface area contributed by atoms with Crippen LogP contribution in [0, 0.1) is 0 Å². The Bertz CT molecular complexity index is 107. The van der Waals surface area contributed by atoms with E-state index < -0.39 is 18.9 Å². The lowest BCUT2D eigenvalue weighted by Crippen LogP contribution is -2.18. The van der Waals surface area contributed by atoms with Gasteiger partial charge >= 0.3 is 12.3 Å². The molecule has 0 saturated carbocycles. The van der Waals surface area contributed by atoms with Gasteiger partial charge in [0, 0.05) is 0 Å². The molecule has 0 heterocycles. The van der Waals surface area contributed by atoms with Crippen LogP contribution < -0.4 is 0 Å². The quantitative estimate of drug-likeness (QED) is 0.617. The normalized spacial score (nSPS) is 11.4. The summed E-state index contributed by atoms with van der Waals surface area (Å²) in [6, 6.07) is 0. The Labute approximate surface area is 48.0 Å². The SMILES string of the molecule is O=C(O)COC(F)(F)F. The third-order valence-electron chi connectivity index (χ3n) is 0.359. The largest absolute Gasteiger partial charge is 0.523 e. The number of aliphatic carboxylic acids is 1. The Morgan fingerprint density at radius 3 is 2.11 bits per heavy atom. The van der Waals surface area contributed by atoms with Gasteiger partial charge in [0.15, 0.2) is 6.61 Å². The van der Waals surface area contributed by atoms with Crippen molar-refractivity contribution < 1.29 is 27.8 Å². The third kappa shape index (κ3) is 7.22. The third-order valence-corrected chi connectivity index (χ3v) is 0.359. The molecular weight excluding hydrogens is 141 g/mol. The smallest absolute Gasteiger partial charge is 0.480 e. The number of ether oxygens (including phenoxy) is 1. The van der Waals surface area contributed by atoms with E-state index in [4.69, 9.17) is 5.11 Å². The molecule has 0 aromatic heterocycles. The summed E-state index contributed by atoms with van der Waals surface area (Å²) >= 11 is 0. The molecule has 54 valence electrons. The molecule has 9 heavy (non-hydrogen) atoms. The van der Waals surface area contributed by atoms with Gasteiger partial charge in [0.25, 0.3) is 0 Å². The van der Waals surface area contributed by atoms with Crippen LogP contribution in [0.5, 0.6) is 0 Å². The van der Waals surface area contributed by atoms with Gasteiger partial charge in [-0.15, -0.1) is 13.2 Å². The van der Waals surface area contributed by atoms with Crippen LogP contribution >= 0.6 is 0 Å². The highest BCUT2D eigenvalue weighted by Gasteiger charge is 2.29. The van der Waals surface area contributed by atoms with E-state index in [1.54, 1.807) is 0 Å². The van der Waals surface area contributed by atoms with E-state index in [9.17, 15) is 18.0 Å². The second-order valence-electron chi connectivity index (χ2n) is 1.13. The van der Waals surface area contributed by atoms with Crippen molar-refractivity contribution in [3.63, 3.8) is 0 Å². The molecule has 0 radical (unpaired) electrons. The van der Waals surface area contributed by atoms with Crippen molar-refractivity contribution in [1.82, 2.24) is 0 Å². The van der Waals surface area contributed by atoms with E-state index in [1.165, 1.54) is 0 Å². The zero-order valence-electron chi connectivity index (χ0n) is 4.10. The van der Waals surface area contributed by atoms with Gasteiger partial charge in [-0.25, -0.2) is 4.79 Å². The van der Waals surface area contributed by atoms with Crippen LogP contribution in [-0.4, -0.2) is 24.0 Å². The van der Waals surface area contributed by atoms with Gasteiger partial charge in [-0.1, -0.05) is 0 Å². The Balaban J connectivity index is 3.39. The first-order valence-corrected chi connectivity index (χ1v) is 1.84. The first-order chi connectivity index (χ1) is 3.92. The van der Waals surface area contributed by atoms with Crippen molar-refractivity contribution >= 4 is 5.97 Å². The fourth-order valence-electron chi connectivity index (χ4n) is 0.144. The van der Waals surface area contributed by atoms with Crippen LogP contribution in [0.2, 0.25) is 0 Å². The average Bonchev–Trinajstić information content (AvgIpc) is 1.59. The van der Waals surface area contributed by atoms with Crippen molar-refractivity contribution in [2.45, 2.75) is 6.36 Å². The Kier molecular flexibility index (Phi) is 2.44. The number of carboxylic acid groups (broad SMARTS) is 1. The summed E-state index contributed by atoms with van der Waals surface area (Å²) in [4.78, 5) is 9.42. The Morgan fingerprint density at radius 1 is 1.56 bits per heavy atom. The van der Waals surface area contributed by atoms with Gasteiger partial charge in [-0.05, 0) is 0 Å². The maximum absolute atomic E-state index is 10.9. The van der Waals surface area contributed by atoms with Crippen LogP contribution in [0.3, 0.4) is 0 Å². The van der Waals surface area contributed by atoms with Crippen LogP contribution in [0.15, 0.2) is 0 Å². The molecule has 0 amide bonds. The minimum atomic E-state index is -4.85. The second kappa shape index (κ2) is 2.67. The molecule has 1 N–H and O–H groups in total. The van der Waals surface area contributed by atoms with Gasteiger partial charge in [-0.3, -0.25) is 4.74 Å². The summed E-state index contributed by atoms with van der Waals surface area (Å²) in [5.74, 6) is -1.65. The molecular formula is C3H3F3O3. The highest BCUT2D eigenvalue weighted by molar-refractivity contribution is 5.67.